The van der Waals surface area contributed by atoms with Crippen molar-refractivity contribution in [2.45, 2.75) is 51.9 Å². The van der Waals surface area contributed by atoms with Gasteiger partial charge in [-0.3, -0.25) is 4.40 Å². The average Bonchev–Trinajstić information content (AvgIpc) is 2.89. The van der Waals surface area contributed by atoms with E-state index in [4.69, 9.17) is 0 Å². The standard InChI is InChI=1S/C16H26N4/c1-2-3-4-5-6-8-12-17-13-11-16-19-18-15-10-7-9-14-20(15)16/h7,9-10,14,17H,2-6,8,11-13H2,1H3. The predicted molar refractivity (Wildman–Crippen MR) is 82.9 cm³/mol. The molecular weight excluding hydrogens is 248 g/mol. The zero-order valence-electron chi connectivity index (χ0n) is 12.5. The van der Waals surface area contributed by atoms with E-state index in [2.05, 4.69) is 26.8 Å². The van der Waals surface area contributed by atoms with Gasteiger partial charge in [0, 0.05) is 19.2 Å². The minimum atomic E-state index is 0.929. The van der Waals surface area contributed by atoms with E-state index in [1.54, 1.807) is 0 Å². The van der Waals surface area contributed by atoms with Crippen molar-refractivity contribution in [2.24, 2.45) is 0 Å². The first-order chi connectivity index (χ1) is 9.92. The summed E-state index contributed by atoms with van der Waals surface area (Å²) in [4.78, 5) is 0. The van der Waals surface area contributed by atoms with Gasteiger partial charge in [-0.2, -0.15) is 0 Å². The number of fused-ring (bicyclic) bond motifs is 1. The van der Waals surface area contributed by atoms with Crippen LogP contribution in [0.5, 0.6) is 0 Å². The highest BCUT2D eigenvalue weighted by Crippen LogP contribution is 2.05. The molecule has 1 N–H and O–H groups in total. The molecule has 0 saturated heterocycles. The molecule has 2 heterocycles. The summed E-state index contributed by atoms with van der Waals surface area (Å²) in [5.41, 5.74) is 0.929. The van der Waals surface area contributed by atoms with Crippen LogP contribution in [0, 0.1) is 0 Å². The molecule has 2 rings (SSSR count). The molecule has 110 valence electrons. The molecule has 0 amide bonds. The molecule has 0 atom stereocenters. The van der Waals surface area contributed by atoms with E-state index in [0.29, 0.717) is 0 Å². The maximum Gasteiger partial charge on any atom is 0.160 e. The molecule has 2 aromatic heterocycles. The second-order valence-corrected chi connectivity index (χ2v) is 5.31. The summed E-state index contributed by atoms with van der Waals surface area (Å²) >= 11 is 0. The Morgan fingerprint density at radius 2 is 1.85 bits per heavy atom. The smallest absolute Gasteiger partial charge is 0.160 e. The molecule has 2 aromatic rings. The quantitative estimate of drug-likeness (QED) is 0.676. The van der Waals surface area contributed by atoms with Gasteiger partial charge < -0.3 is 5.32 Å². The van der Waals surface area contributed by atoms with Gasteiger partial charge in [-0.25, -0.2) is 0 Å². The van der Waals surface area contributed by atoms with Crippen LogP contribution in [-0.4, -0.2) is 27.7 Å². The Kier molecular flexibility index (Phi) is 6.51. The summed E-state index contributed by atoms with van der Waals surface area (Å²) < 4.78 is 2.06. The SMILES string of the molecule is CCCCCCCCNCCc1nnc2ccccn12. The summed E-state index contributed by atoms with van der Waals surface area (Å²) in [5, 5.41) is 11.9. The zero-order valence-corrected chi connectivity index (χ0v) is 12.5. The van der Waals surface area contributed by atoms with Crippen LogP contribution in [0.1, 0.15) is 51.3 Å². The van der Waals surface area contributed by atoms with Crippen LogP contribution in [0.2, 0.25) is 0 Å². The third-order valence-corrected chi connectivity index (χ3v) is 3.62. The van der Waals surface area contributed by atoms with Crippen molar-refractivity contribution >= 4 is 5.65 Å². The van der Waals surface area contributed by atoms with Crippen molar-refractivity contribution in [1.82, 2.24) is 19.9 Å². The first-order valence-electron chi connectivity index (χ1n) is 7.91. The lowest BCUT2D eigenvalue weighted by Gasteiger charge is -2.04. The minimum absolute atomic E-state index is 0.929. The minimum Gasteiger partial charge on any atom is -0.316 e. The lowest BCUT2D eigenvalue weighted by molar-refractivity contribution is 0.569. The third-order valence-electron chi connectivity index (χ3n) is 3.62. The van der Waals surface area contributed by atoms with Crippen LogP contribution in [0.25, 0.3) is 5.65 Å². The van der Waals surface area contributed by atoms with Gasteiger partial charge in [0.2, 0.25) is 0 Å². The zero-order chi connectivity index (χ0) is 14.0. The second kappa shape index (κ2) is 8.69. The Bertz CT molecular complexity index is 492. The summed E-state index contributed by atoms with van der Waals surface area (Å²) in [6, 6.07) is 5.99. The van der Waals surface area contributed by atoms with E-state index in [-0.39, 0.29) is 0 Å². The van der Waals surface area contributed by atoms with Gasteiger partial charge in [-0.05, 0) is 25.1 Å². The Hall–Kier alpha value is -1.42. The molecule has 4 nitrogen and oxygen atoms in total. The van der Waals surface area contributed by atoms with Crippen LogP contribution in [0.4, 0.5) is 0 Å². The molecule has 0 saturated carbocycles. The fourth-order valence-corrected chi connectivity index (χ4v) is 2.42. The van der Waals surface area contributed by atoms with E-state index in [9.17, 15) is 0 Å². The number of rotatable bonds is 10. The van der Waals surface area contributed by atoms with Crippen LogP contribution >= 0.6 is 0 Å². The molecule has 0 radical (unpaired) electrons. The van der Waals surface area contributed by atoms with Gasteiger partial charge >= 0.3 is 0 Å². The van der Waals surface area contributed by atoms with Crippen LogP contribution in [0.3, 0.4) is 0 Å². The Morgan fingerprint density at radius 3 is 2.75 bits per heavy atom. The summed E-state index contributed by atoms with van der Waals surface area (Å²) in [5.74, 6) is 1.04. The monoisotopic (exact) mass is 274 g/mol. The van der Waals surface area contributed by atoms with Crippen LogP contribution < -0.4 is 5.32 Å². The highest BCUT2D eigenvalue weighted by molar-refractivity contribution is 5.36. The molecule has 0 aromatic carbocycles. The number of aromatic nitrogens is 3. The van der Waals surface area contributed by atoms with Crippen LogP contribution in [-0.2, 0) is 6.42 Å². The van der Waals surface area contributed by atoms with Crippen molar-refractivity contribution in [3.05, 3.63) is 30.2 Å². The Balaban J connectivity index is 1.57. The topological polar surface area (TPSA) is 42.2 Å². The van der Waals surface area contributed by atoms with Crippen molar-refractivity contribution < 1.29 is 0 Å². The van der Waals surface area contributed by atoms with E-state index in [1.165, 1.54) is 38.5 Å². The van der Waals surface area contributed by atoms with Gasteiger partial charge in [0.15, 0.2) is 5.65 Å². The molecule has 0 fully saturated rings. The number of unbranched alkanes of at least 4 members (excludes halogenated alkanes) is 5. The third kappa shape index (κ3) is 4.60. The van der Waals surface area contributed by atoms with E-state index in [1.807, 2.05) is 24.4 Å². The van der Waals surface area contributed by atoms with E-state index >= 15 is 0 Å². The first kappa shape index (κ1) is 15.0. The maximum absolute atomic E-state index is 4.24. The summed E-state index contributed by atoms with van der Waals surface area (Å²) in [6.45, 7) is 4.35. The van der Waals surface area contributed by atoms with Crippen molar-refractivity contribution in [1.29, 1.82) is 0 Å². The van der Waals surface area contributed by atoms with E-state index in [0.717, 1.165) is 31.0 Å². The molecule has 20 heavy (non-hydrogen) atoms. The number of pyridine rings is 1. The molecule has 0 spiro atoms. The maximum atomic E-state index is 4.24. The van der Waals surface area contributed by atoms with Gasteiger partial charge in [0.1, 0.15) is 5.82 Å². The number of hydrogen-bond donors (Lipinski definition) is 1. The van der Waals surface area contributed by atoms with Gasteiger partial charge in [0.05, 0.1) is 0 Å². The molecule has 0 unspecified atom stereocenters. The lowest BCUT2D eigenvalue weighted by Crippen LogP contribution is -2.19. The van der Waals surface area contributed by atoms with Gasteiger partial charge in [-0.1, -0.05) is 45.1 Å². The molecule has 0 aliphatic rings. The van der Waals surface area contributed by atoms with Crippen LogP contribution in [0.15, 0.2) is 24.4 Å². The Labute approximate surface area is 121 Å². The first-order valence-corrected chi connectivity index (χ1v) is 7.91. The summed E-state index contributed by atoms with van der Waals surface area (Å²) in [7, 11) is 0. The molecular formula is C16H26N4. The fourth-order valence-electron chi connectivity index (χ4n) is 2.42. The summed E-state index contributed by atoms with van der Waals surface area (Å²) in [6.07, 6.45) is 11.1. The molecule has 0 aliphatic carbocycles. The highest BCUT2D eigenvalue weighted by atomic mass is 15.2. The molecule has 0 bridgehead atoms. The number of nitrogens with one attached hydrogen (secondary N) is 1. The number of hydrogen-bond acceptors (Lipinski definition) is 3. The van der Waals surface area contributed by atoms with Crippen molar-refractivity contribution in [3.8, 4) is 0 Å². The average molecular weight is 274 g/mol. The molecule has 0 aliphatic heterocycles. The van der Waals surface area contributed by atoms with Crippen molar-refractivity contribution in [3.63, 3.8) is 0 Å². The van der Waals surface area contributed by atoms with Gasteiger partial charge in [0.25, 0.3) is 0 Å². The largest absolute Gasteiger partial charge is 0.316 e. The number of nitrogens with zero attached hydrogens (tertiary/aromatic N) is 3. The van der Waals surface area contributed by atoms with E-state index < -0.39 is 0 Å². The fraction of sp³-hybridized carbons (Fsp3) is 0.625. The molecule has 4 heteroatoms. The lowest BCUT2D eigenvalue weighted by atomic mass is 10.1. The Morgan fingerprint density at radius 1 is 1.00 bits per heavy atom. The second-order valence-electron chi connectivity index (χ2n) is 5.31. The highest BCUT2D eigenvalue weighted by Gasteiger charge is 2.03. The van der Waals surface area contributed by atoms with Crippen molar-refractivity contribution in [2.75, 3.05) is 13.1 Å². The predicted octanol–water partition coefficient (Wildman–Crippen LogP) is 3.22. The van der Waals surface area contributed by atoms with Gasteiger partial charge in [-0.15, -0.1) is 10.2 Å². The normalized spacial score (nSPS) is 11.2.